The van der Waals surface area contributed by atoms with Gasteiger partial charge in [0.25, 0.3) is 11.6 Å². The van der Waals surface area contributed by atoms with E-state index in [1.165, 1.54) is 37.5 Å². The highest BCUT2D eigenvalue weighted by Gasteiger charge is 2.16. The highest BCUT2D eigenvalue weighted by molar-refractivity contribution is 6.33. The third-order valence-electron chi connectivity index (χ3n) is 3.27. The van der Waals surface area contributed by atoms with Gasteiger partial charge in [0.15, 0.2) is 0 Å². The number of amides is 1. The van der Waals surface area contributed by atoms with Gasteiger partial charge in [0.2, 0.25) is 0 Å². The quantitative estimate of drug-likeness (QED) is 0.441. The van der Waals surface area contributed by atoms with Crippen molar-refractivity contribution in [3.8, 4) is 0 Å². The van der Waals surface area contributed by atoms with Crippen LogP contribution in [0.5, 0.6) is 0 Å². The van der Waals surface area contributed by atoms with Crippen LogP contribution < -0.4 is 5.32 Å². The number of benzene rings is 1. The third kappa shape index (κ3) is 5.71. The summed E-state index contributed by atoms with van der Waals surface area (Å²) in [5.74, 6) is -0.255. The van der Waals surface area contributed by atoms with E-state index in [-0.39, 0.29) is 22.7 Å². The Labute approximate surface area is 129 Å². The monoisotopic (exact) mass is 312 g/mol. The average molecular weight is 313 g/mol. The van der Waals surface area contributed by atoms with Crippen LogP contribution in [0.2, 0.25) is 5.02 Å². The molecule has 0 fully saturated rings. The van der Waals surface area contributed by atoms with E-state index in [9.17, 15) is 14.9 Å². The molecule has 0 aliphatic rings. The Balaban J connectivity index is 2.55. The molecule has 0 saturated heterocycles. The van der Waals surface area contributed by atoms with Crippen molar-refractivity contribution in [3.63, 3.8) is 0 Å². The smallest absolute Gasteiger partial charge is 0.287 e. The zero-order chi connectivity index (χ0) is 15.8. The minimum atomic E-state index is -0.569. The summed E-state index contributed by atoms with van der Waals surface area (Å²) in [6, 6.07) is 4.08. The number of nitro groups is 1. The molecular formula is C15H21ClN2O3. The fraction of sp³-hybridized carbons (Fsp3) is 0.533. The van der Waals surface area contributed by atoms with Gasteiger partial charge in [-0.1, -0.05) is 44.2 Å². The van der Waals surface area contributed by atoms with Crippen LogP contribution in [-0.4, -0.2) is 16.9 Å². The van der Waals surface area contributed by atoms with Gasteiger partial charge >= 0.3 is 0 Å². The fourth-order valence-electron chi connectivity index (χ4n) is 2.05. The maximum absolute atomic E-state index is 12.0. The highest BCUT2D eigenvalue weighted by atomic mass is 35.5. The average Bonchev–Trinajstić information content (AvgIpc) is 2.43. The largest absolute Gasteiger partial charge is 0.350 e. The Morgan fingerprint density at radius 2 is 2.10 bits per heavy atom. The summed E-state index contributed by atoms with van der Waals surface area (Å²) in [6.07, 6.45) is 5.56. The maximum atomic E-state index is 12.0. The molecule has 1 N–H and O–H groups in total. The molecule has 116 valence electrons. The van der Waals surface area contributed by atoms with Gasteiger partial charge in [0.05, 0.1) is 4.92 Å². The molecule has 0 aliphatic heterocycles. The summed E-state index contributed by atoms with van der Waals surface area (Å²) in [7, 11) is 0. The molecule has 5 nitrogen and oxygen atoms in total. The zero-order valence-electron chi connectivity index (χ0n) is 12.4. The van der Waals surface area contributed by atoms with Crippen LogP contribution in [0.1, 0.15) is 56.3 Å². The predicted octanol–water partition coefficient (Wildman–Crippen LogP) is 4.34. The maximum Gasteiger partial charge on any atom is 0.287 e. The molecular weight excluding hydrogens is 292 g/mol. The molecule has 0 radical (unpaired) electrons. The van der Waals surface area contributed by atoms with E-state index in [0.29, 0.717) is 5.56 Å². The first kappa shape index (κ1) is 17.4. The van der Waals surface area contributed by atoms with Crippen molar-refractivity contribution < 1.29 is 9.72 Å². The lowest BCUT2D eigenvalue weighted by molar-refractivity contribution is -0.384. The molecule has 0 aliphatic carbocycles. The molecule has 0 heterocycles. The van der Waals surface area contributed by atoms with Crippen LogP contribution in [0.25, 0.3) is 0 Å². The van der Waals surface area contributed by atoms with Crippen molar-refractivity contribution in [1.82, 2.24) is 5.32 Å². The first-order valence-electron chi connectivity index (χ1n) is 7.20. The molecule has 1 aromatic carbocycles. The van der Waals surface area contributed by atoms with Crippen molar-refractivity contribution in [2.45, 2.75) is 52.0 Å². The highest BCUT2D eigenvalue weighted by Crippen LogP contribution is 2.25. The molecule has 1 rings (SSSR count). The number of hydrogen-bond acceptors (Lipinski definition) is 3. The third-order valence-corrected chi connectivity index (χ3v) is 3.58. The zero-order valence-corrected chi connectivity index (χ0v) is 13.2. The molecule has 21 heavy (non-hydrogen) atoms. The summed E-state index contributed by atoms with van der Waals surface area (Å²) in [6.45, 7) is 4.11. The van der Waals surface area contributed by atoms with Crippen molar-refractivity contribution in [1.29, 1.82) is 0 Å². The molecule has 1 aromatic rings. The number of carbonyl (C=O) groups excluding carboxylic acids is 1. The van der Waals surface area contributed by atoms with Crippen LogP contribution in [-0.2, 0) is 0 Å². The van der Waals surface area contributed by atoms with Gasteiger partial charge < -0.3 is 5.32 Å². The minimum Gasteiger partial charge on any atom is -0.350 e. The summed E-state index contributed by atoms with van der Waals surface area (Å²) in [5.41, 5.74) is 0.145. The molecule has 0 aromatic heterocycles. The molecule has 1 atom stereocenters. The van der Waals surface area contributed by atoms with E-state index in [2.05, 4.69) is 12.2 Å². The second-order valence-corrected chi connectivity index (χ2v) is 5.55. The summed E-state index contributed by atoms with van der Waals surface area (Å²) < 4.78 is 0. The van der Waals surface area contributed by atoms with Crippen LogP contribution in [0.15, 0.2) is 18.2 Å². The standard InChI is InChI=1S/C15H21ClN2O3/c1-3-4-5-6-7-11(2)17-15(19)12-8-9-14(18(20)21)13(16)10-12/h8-11H,3-7H2,1-2H3,(H,17,19). The van der Waals surface area contributed by atoms with Gasteiger partial charge in [-0.25, -0.2) is 0 Å². The number of nitrogens with zero attached hydrogens (tertiary/aromatic N) is 1. The number of rotatable bonds is 8. The number of hydrogen-bond donors (Lipinski definition) is 1. The van der Waals surface area contributed by atoms with E-state index < -0.39 is 4.92 Å². The topological polar surface area (TPSA) is 72.2 Å². The van der Waals surface area contributed by atoms with E-state index in [1.807, 2.05) is 6.92 Å². The SMILES string of the molecule is CCCCCCC(C)NC(=O)c1ccc([N+](=O)[O-])c(Cl)c1. The van der Waals surface area contributed by atoms with Crippen molar-refractivity contribution >= 4 is 23.2 Å². The number of nitrogens with one attached hydrogen (secondary N) is 1. The second-order valence-electron chi connectivity index (χ2n) is 5.15. The van der Waals surface area contributed by atoms with Crippen LogP contribution in [0.3, 0.4) is 0 Å². The van der Waals surface area contributed by atoms with Crippen molar-refractivity contribution in [2.75, 3.05) is 0 Å². The van der Waals surface area contributed by atoms with Gasteiger partial charge in [-0.3, -0.25) is 14.9 Å². The van der Waals surface area contributed by atoms with Crippen molar-refractivity contribution in [2.24, 2.45) is 0 Å². The van der Waals surface area contributed by atoms with Gasteiger partial charge in [-0.15, -0.1) is 0 Å². The van der Waals surface area contributed by atoms with Crippen molar-refractivity contribution in [3.05, 3.63) is 38.9 Å². The second kappa shape index (κ2) is 8.62. The number of nitro benzene ring substituents is 1. The Hall–Kier alpha value is -1.62. The predicted molar refractivity (Wildman–Crippen MR) is 83.8 cm³/mol. The molecule has 0 spiro atoms. The van der Waals surface area contributed by atoms with Crippen LogP contribution in [0.4, 0.5) is 5.69 Å². The molecule has 6 heteroatoms. The first-order valence-corrected chi connectivity index (χ1v) is 7.58. The Bertz CT molecular complexity index is 506. The van der Waals surface area contributed by atoms with Crippen LogP contribution >= 0.6 is 11.6 Å². The van der Waals surface area contributed by atoms with Gasteiger partial charge in [-0.2, -0.15) is 0 Å². The normalized spacial score (nSPS) is 12.0. The van der Waals surface area contributed by atoms with Crippen LogP contribution in [0, 0.1) is 10.1 Å². The molecule has 0 bridgehead atoms. The first-order chi connectivity index (χ1) is 9.95. The summed E-state index contributed by atoms with van der Waals surface area (Å²) in [4.78, 5) is 22.1. The molecule has 1 amide bonds. The van der Waals surface area contributed by atoms with Gasteiger partial charge in [0.1, 0.15) is 5.02 Å². The molecule has 1 unspecified atom stereocenters. The van der Waals surface area contributed by atoms with E-state index in [0.717, 1.165) is 12.8 Å². The Morgan fingerprint density at radius 1 is 1.38 bits per heavy atom. The van der Waals surface area contributed by atoms with Gasteiger partial charge in [-0.05, 0) is 25.5 Å². The Morgan fingerprint density at radius 3 is 2.67 bits per heavy atom. The minimum absolute atomic E-state index is 0.0248. The lowest BCUT2D eigenvalue weighted by atomic mass is 10.1. The lowest BCUT2D eigenvalue weighted by Crippen LogP contribution is -2.32. The van der Waals surface area contributed by atoms with E-state index in [1.54, 1.807) is 0 Å². The number of unbranched alkanes of at least 4 members (excludes halogenated alkanes) is 3. The van der Waals surface area contributed by atoms with E-state index >= 15 is 0 Å². The summed E-state index contributed by atoms with van der Waals surface area (Å²) in [5, 5.41) is 13.5. The number of carbonyl (C=O) groups is 1. The van der Waals surface area contributed by atoms with Gasteiger partial charge in [0, 0.05) is 17.7 Å². The van der Waals surface area contributed by atoms with E-state index in [4.69, 9.17) is 11.6 Å². The molecule has 0 saturated carbocycles. The Kier molecular flexibility index (Phi) is 7.15. The lowest BCUT2D eigenvalue weighted by Gasteiger charge is -2.13. The summed E-state index contributed by atoms with van der Waals surface area (Å²) >= 11 is 5.80. The number of halogens is 1. The fourth-order valence-corrected chi connectivity index (χ4v) is 2.30.